The number of halogens is 2. The van der Waals surface area contributed by atoms with Crippen LogP contribution < -0.4 is 10.6 Å². The first-order chi connectivity index (χ1) is 22.1. The summed E-state index contributed by atoms with van der Waals surface area (Å²) in [5, 5.41) is 10.8. The number of carboxylic acid groups (broad SMARTS) is 1. The molecule has 0 atom stereocenters. The number of unbranched alkanes of at least 4 members (excludes halogenated alkanes) is 1. The fourth-order valence-electron chi connectivity index (χ4n) is 5.53. The predicted octanol–water partition coefficient (Wildman–Crippen LogP) is 10.1. The van der Waals surface area contributed by atoms with E-state index >= 15 is 0 Å². The van der Waals surface area contributed by atoms with Crippen molar-refractivity contribution in [3.63, 3.8) is 0 Å². The van der Waals surface area contributed by atoms with E-state index in [-0.39, 0.29) is 33.5 Å². The van der Waals surface area contributed by atoms with E-state index in [9.17, 15) is 19.1 Å². The molecule has 0 saturated heterocycles. The third-order valence-electron chi connectivity index (χ3n) is 8.74. The zero-order valence-corrected chi connectivity index (χ0v) is 29.1. The molecular weight excluding hydrogens is 611 g/mol. The lowest BCUT2D eigenvalue weighted by atomic mass is 9.81. The van der Waals surface area contributed by atoms with Crippen LogP contribution in [-0.4, -0.2) is 16.9 Å². The number of Topliss-reactive ketones (excluding diaryl/α,β-unsaturated/α-hetero) is 1. The first-order valence-electron chi connectivity index (χ1n) is 16.1. The number of benzene rings is 2. The molecule has 1 heterocycles. The molecule has 0 radical (unpaired) electrons. The van der Waals surface area contributed by atoms with Crippen molar-refractivity contribution in [2.45, 2.75) is 80.6 Å². The zero-order chi connectivity index (χ0) is 34.5. The molecule has 2 aromatic carbocycles. The Labute approximate surface area is 282 Å². The number of rotatable bonds is 11. The summed E-state index contributed by atoms with van der Waals surface area (Å²) in [6, 6.07) is 12.0. The van der Waals surface area contributed by atoms with Gasteiger partial charge in [0.2, 0.25) is 5.78 Å². The standard InChI is InChI=1S/C41H44ClFO4/c1-8-41(6,7)25-30(13-10-9-11-16-32-26(2)33(39(45)46)21-22-35(32)43)37(44)36-24-29-15-12-14-28(27-17-19-31(42)20-18-27)23-34(38(29)47-36)40(3,4)5/h11-13,16-24H,8-10,14,25H2,1-7H3,(H,45,46)/b16-11+,28-23+,30-13-,38-34-. The Morgan fingerprint density at radius 2 is 1.77 bits per heavy atom. The van der Waals surface area contributed by atoms with Gasteiger partial charge in [0.15, 0.2) is 5.76 Å². The molecule has 0 unspecified atom stereocenters. The molecule has 246 valence electrons. The van der Waals surface area contributed by atoms with Gasteiger partial charge in [-0.2, -0.15) is 0 Å². The van der Waals surface area contributed by atoms with Crippen LogP contribution in [0, 0.1) is 23.6 Å². The molecule has 1 aromatic heterocycles. The van der Waals surface area contributed by atoms with Crippen molar-refractivity contribution >= 4 is 46.3 Å². The van der Waals surface area contributed by atoms with Crippen molar-refractivity contribution in [3.8, 4) is 0 Å². The summed E-state index contributed by atoms with van der Waals surface area (Å²) in [7, 11) is 0. The quantitative estimate of drug-likeness (QED) is 0.127. The number of carbonyl (C=O) groups excluding carboxylic acids is 1. The molecule has 1 aliphatic rings. The van der Waals surface area contributed by atoms with Crippen LogP contribution in [0.15, 0.2) is 76.8 Å². The van der Waals surface area contributed by atoms with Crippen LogP contribution in [0.5, 0.6) is 0 Å². The lowest BCUT2D eigenvalue weighted by molar-refractivity contribution is 0.0695. The van der Waals surface area contributed by atoms with Gasteiger partial charge < -0.3 is 9.52 Å². The monoisotopic (exact) mass is 654 g/mol. The van der Waals surface area contributed by atoms with E-state index < -0.39 is 11.8 Å². The molecule has 3 aromatic rings. The number of ketones is 1. The minimum absolute atomic E-state index is 0.0730. The predicted molar refractivity (Wildman–Crippen MR) is 190 cm³/mol. The van der Waals surface area contributed by atoms with Gasteiger partial charge in [-0.25, -0.2) is 9.18 Å². The van der Waals surface area contributed by atoms with E-state index in [1.807, 2.05) is 42.5 Å². The Morgan fingerprint density at radius 1 is 1.06 bits per heavy atom. The van der Waals surface area contributed by atoms with Crippen LogP contribution in [0.2, 0.25) is 5.02 Å². The molecule has 4 rings (SSSR count). The number of fused-ring (bicyclic) bond motifs is 1. The highest BCUT2D eigenvalue weighted by Crippen LogP contribution is 2.33. The maximum absolute atomic E-state index is 14.5. The van der Waals surface area contributed by atoms with Crippen molar-refractivity contribution in [3.05, 3.63) is 122 Å². The smallest absolute Gasteiger partial charge is 0.335 e. The normalized spacial score (nSPS) is 16.3. The second-order valence-electron chi connectivity index (χ2n) is 13.9. The van der Waals surface area contributed by atoms with Crippen LogP contribution in [0.4, 0.5) is 4.39 Å². The average molecular weight is 655 g/mol. The van der Waals surface area contributed by atoms with Gasteiger partial charge in [0.05, 0.1) is 10.8 Å². The Hall–Kier alpha value is -4.18. The number of hydrogen-bond donors (Lipinski definition) is 1. The topological polar surface area (TPSA) is 67.5 Å². The Balaban J connectivity index is 1.70. The van der Waals surface area contributed by atoms with Gasteiger partial charge in [-0.1, -0.05) is 96.0 Å². The van der Waals surface area contributed by atoms with Crippen LogP contribution in [0.25, 0.3) is 23.0 Å². The number of hydrogen-bond acceptors (Lipinski definition) is 3. The molecule has 0 aliphatic heterocycles. The molecule has 0 bridgehead atoms. The van der Waals surface area contributed by atoms with Gasteiger partial charge in [0.25, 0.3) is 0 Å². The van der Waals surface area contributed by atoms with E-state index in [1.165, 1.54) is 12.1 Å². The summed E-state index contributed by atoms with van der Waals surface area (Å²) < 4.78 is 20.9. The van der Waals surface area contributed by atoms with Crippen molar-refractivity contribution in [1.29, 1.82) is 0 Å². The summed E-state index contributed by atoms with van der Waals surface area (Å²) in [4.78, 5) is 25.6. The maximum atomic E-state index is 14.5. The van der Waals surface area contributed by atoms with Crippen molar-refractivity contribution in [2.24, 2.45) is 10.8 Å². The van der Waals surface area contributed by atoms with Crippen molar-refractivity contribution in [1.82, 2.24) is 0 Å². The highest BCUT2D eigenvalue weighted by atomic mass is 35.5. The van der Waals surface area contributed by atoms with E-state index in [2.05, 4.69) is 53.3 Å². The molecule has 1 aliphatic carbocycles. The summed E-state index contributed by atoms with van der Waals surface area (Å²) >= 11 is 6.15. The summed E-state index contributed by atoms with van der Waals surface area (Å²) in [5.74, 6) is -1.44. The largest absolute Gasteiger partial charge is 0.478 e. The molecule has 0 amide bonds. The van der Waals surface area contributed by atoms with Gasteiger partial charge in [-0.05, 0) is 96.1 Å². The fraction of sp³-hybridized carbons (Fsp3) is 0.341. The second kappa shape index (κ2) is 14.7. The number of carboxylic acids is 1. The zero-order valence-electron chi connectivity index (χ0n) is 28.4. The summed E-state index contributed by atoms with van der Waals surface area (Å²) in [5.41, 5.74) is 8.18. The minimum Gasteiger partial charge on any atom is -0.478 e. The third kappa shape index (κ3) is 8.80. The lowest BCUT2D eigenvalue weighted by Crippen LogP contribution is -2.27. The number of furan rings is 1. The molecule has 1 N–H and O–H groups in total. The second-order valence-corrected chi connectivity index (χ2v) is 14.4. The van der Waals surface area contributed by atoms with Gasteiger partial charge in [0, 0.05) is 22.2 Å². The van der Waals surface area contributed by atoms with Gasteiger partial charge in [0.1, 0.15) is 11.2 Å². The Kier molecular flexibility index (Phi) is 11.2. The van der Waals surface area contributed by atoms with E-state index in [4.69, 9.17) is 16.0 Å². The molecule has 4 nitrogen and oxygen atoms in total. The highest BCUT2D eigenvalue weighted by Gasteiger charge is 2.26. The molecule has 6 heteroatoms. The summed E-state index contributed by atoms with van der Waals surface area (Å²) in [6.45, 7) is 14.4. The molecule has 0 saturated carbocycles. The molecule has 0 spiro atoms. The highest BCUT2D eigenvalue weighted by molar-refractivity contribution is 6.30. The number of allylic oxidation sites excluding steroid dienone is 6. The third-order valence-corrected chi connectivity index (χ3v) is 8.99. The van der Waals surface area contributed by atoms with Crippen LogP contribution in [-0.2, 0) is 0 Å². The summed E-state index contributed by atoms with van der Waals surface area (Å²) in [6.07, 6.45) is 12.8. The first kappa shape index (κ1) is 35.7. The van der Waals surface area contributed by atoms with Gasteiger partial charge in [-0.15, -0.1) is 5.73 Å². The SMILES string of the molecule is CCC(C)(C)C/C(=C/CC/C=C/c1c(F)ccc(C(=O)O)c1C)C(=O)c1cc2/c(o1)=C(C(C)(C)C)\C=C(\c1ccc(Cl)cc1)CC=C=2. The molecular formula is C41H44ClFO4. The molecule has 47 heavy (non-hydrogen) atoms. The van der Waals surface area contributed by atoms with Gasteiger partial charge >= 0.3 is 5.97 Å². The Morgan fingerprint density at radius 3 is 2.40 bits per heavy atom. The minimum atomic E-state index is -1.09. The van der Waals surface area contributed by atoms with Gasteiger partial charge in [-0.3, -0.25) is 4.79 Å². The first-order valence-corrected chi connectivity index (χ1v) is 16.5. The van der Waals surface area contributed by atoms with Crippen molar-refractivity contribution in [2.75, 3.05) is 0 Å². The Bertz CT molecular complexity index is 1920. The number of carbonyl (C=O) groups is 2. The lowest BCUT2D eigenvalue weighted by Gasteiger charge is -2.23. The van der Waals surface area contributed by atoms with Crippen LogP contribution in [0.1, 0.15) is 111 Å². The van der Waals surface area contributed by atoms with Crippen molar-refractivity contribution < 1.29 is 23.5 Å². The van der Waals surface area contributed by atoms with E-state index in [0.29, 0.717) is 47.3 Å². The van der Waals surface area contributed by atoms with Crippen LogP contribution >= 0.6 is 11.6 Å². The van der Waals surface area contributed by atoms with E-state index in [0.717, 1.165) is 28.3 Å². The number of aromatic carboxylic acids is 1. The fourth-order valence-corrected chi connectivity index (χ4v) is 5.66. The molecule has 0 fully saturated rings. The maximum Gasteiger partial charge on any atom is 0.335 e. The van der Waals surface area contributed by atoms with E-state index in [1.54, 1.807) is 19.1 Å². The van der Waals surface area contributed by atoms with Crippen LogP contribution in [0.3, 0.4) is 0 Å². The average Bonchev–Trinajstić information content (AvgIpc) is 3.39.